The normalized spacial score (nSPS) is 11.9. The standard InChI is InChI=1S/C24H18Br2N4O/c1-16(17-8-4-2-5-9-17)29-30-15-22(18-10-6-3-7-11-18)28-24(30)27-14-19-12-20(25)13-21(26)23(19)31/h2-15,31H,1H3/b27-14?,29-16+. The topological polar surface area (TPSA) is 62.8 Å². The summed E-state index contributed by atoms with van der Waals surface area (Å²) in [6.45, 7) is 1.95. The summed E-state index contributed by atoms with van der Waals surface area (Å²) in [4.78, 5) is 9.20. The number of hydrogen-bond donors (Lipinski definition) is 1. The molecule has 0 radical (unpaired) electrons. The van der Waals surface area contributed by atoms with Crippen LogP contribution in [0.2, 0.25) is 0 Å². The third-order valence-corrected chi connectivity index (χ3v) is 5.63. The Bertz CT molecular complexity index is 1270. The number of rotatable bonds is 5. The molecule has 0 saturated carbocycles. The van der Waals surface area contributed by atoms with Gasteiger partial charge in [0, 0.05) is 21.8 Å². The molecule has 0 unspecified atom stereocenters. The molecule has 0 aliphatic rings. The zero-order valence-electron chi connectivity index (χ0n) is 16.6. The number of phenols is 1. The van der Waals surface area contributed by atoms with Crippen molar-refractivity contribution in [2.24, 2.45) is 10.1 Å². The highest BCUT2D eigenvalue weighted by molar-refractivity contribution is 9.11. The highest BCUT2D eigenvalue weighted by atomic mass is 79.9. The second-order valence-corrected chi connectivity index (χ2v) is 8.54. The molecular weight excluding hydrogens is 520 g/mol. The van der Waals surface area contributed by atoms with E-state index in [0.29, 0.717) is 16.0 Å². The van der Waals surface area contributed by atoms with Crippen LogP contribution in [0, 0.1) is 0 Å². The zero-order valence-corrected chi connectivity index (χ0v) is 19.7. The van der Waals surface area contributed by atoms with E-state index in [1.807, 2.05) is 73.8 Å². The first kappa shape index (κ1) is 21.2. The largest absolute Gasteiger partial charge is 0.506 e. The van der Waals surface area contributed by atoms with Gasteiger partial charge in [-0.15, -0.1) is 0 Å². The number of phenolic OH excluding ortho intramolecular Hbond substituents is 1. The molecule has 31 heavy (non-hydrogen) atoms. The summed E-state index contributed by atoms with van der Waals surface area (Å²) < 4.78 is 3.06. The van der Waals surface area contributed by atoms with E-state index in [0.717, 1.165) is 27.0 Å². The number of hydrogen-bond acceptors (Lipinski definition) is 4. The lowest BCUT2D eigenvalue weighted by Gasteiger charge is -2.04. The molecule has 4 rings (SSSR count). The smallest absolute Gasteiger partial charge is 0.251 e. The van der Waals surface area contributed by atoms with Crippen molar-refractivity contribution >= 4 is 49.7 Å². The van der Waals surface area contributed by atoms with Crippen LogP contribution in [-0.4, -0.2) is 26.7 Å². The minimum Gasteiger partial charge on any atom is -0.506 e. The second-order valence-electron chi connectivity index (χ2n) is 6.77. The summed E-state index contributed by atoms with van der Waals surface area (Å²) in [5.74, 6) is 0.516. The number of aromatic hydroxyl groups is 1. The zero-order chi connectivity index (χ0) is 21.8. The fourth-order valence-electron chi connectivity index (χ4n) is 2.98. The van der Waals surface area contributed by atoms with E-state index in [1.54, 1.807) is 23.0 Å². The van der Waals surface area contributed by atoms with Crippen LogP contribution >= 0.6 is 31.9 Å². The summed E-state index contributed by atoms with van der Waals surface area (Å²) in [5.41, 5.74) is 4.14. The highest BCUT2D eigenvalue weighted by Gasteiger charge is 2.11. The number of imidazole rings is 1. The summed E-state index contributed by atoms with van der Waals surface area (Å²) in [6, 6.07) is 23.4. The first-order valence-corrected chi connectivity index (χ1v) is 11.1. The Morgan fingerprint density at radius 2 is 1.68 bits per heavy atom. The Labute approximate surface area is 197 Å². The molecule has 0 amide bonds. The van der Waals surface area contributed by atoms with Crippen molar-refractivity contribution in [3.05, 3.63) is 99.1 Å². The van der Waals surface area contributed by atoms with Gasteiger partial charge in [-0.2, -0.15) is 5.10 Å². The van der Waals surface area contributed by atoms with Crippen molar-refractivity contribution in [1.82, 2.24) is 9.66 Å². The van der Waals surface area contributed by atoms with E-state index >= 15 is 0 Å². The molecule has 1 heterocycles. The first-order valence-electron chi connectivity index (χ1n) is 9.49. The lowest BCUT2D eigenvalue weighted by atomic mass is 10.1. The van der Waals surface area contributed by atoms with Crippen molar-refractivity contribution in [3.63, 3.8) is 0 Å². The van der Waals surface area contributed by atoms with Crippen molar-refractivity contribution in [3.8, 4) is 17.0 Å². The van der Waals surface area contributed by atoms with Crippen LogP contribution in [0.4, 0.5) is 5.95 Å². The maximum Gasteiger partial charge on any atom is 0.251 e. The molecule has 0 spiro atoms. The fraction of sp³-hybridized carbons (Fsp3) is 0.0417. The van der Waals surface area contributed by atoms with E-state index < -0.39 is 0 Å². The third-order valence-electron chi connectivity index (χ3n) is 4.57. The molecule has 5 nitrogen and oxygen atoms in total. The molecular formula is C24H18Br2N4O. The molecule has 0 atom stereocenters. The first-order chi connectivity index (χ1) is 15.0. The quantitative estimate of drug-likeness (QED) is 0.284. The van der Waals surface area contributed by atoms with Crippen LogP contribution in [0.3, 0.4) is 0 Å². The molecule has 0 aliphatic heterocycles. The van der Waals surface area contributed by atoms with Crippen LogP contribution in [0.15, 0.2) is 98.0 Å². The highest BCUT2D eigenvalue weighted by Crippen LogP contribution is 2.31. The van der Waals surface area contributed by atoms with Gasteiger partial charge in [0.05, 0.1) is 22.1 Å². The van der Waals surface area contributed by atoms with Gasteiger partial charge in [-0.05, 0) is 40.5 Å². The third kappa shape index (κ3) is 5.00. The average molecular weight is 538 g/mol. The minimum absolute atomic E-state index is 0.109. The van der Waals surface area contributed by atoms with E-state index in [1.165, 1.54) is 0 Å². The van der Waals surface area contributed by atoms with Crippen LogP contribution in [0.25, 0.3) is 11.3 Å². The molecule has 1 aromatic heterocycles. The van der Waals surface area contributed by atoms with E-state index in [-0.39, 0.29) is 5.75 Å². The SMILES string of the molecule is C/C(=N\n1cc(-c2ccccc2)nc1N=Cc1cc(Br)cc(Br)c1O)c1ccccc1. The molecule has 3 aromatic carbocycles. The van der Waals surface area contributed by atoms with Crippen LogP contribution in [0.5, 0.6) is 5.75 Å². The molecule has 0 aliphatic carbocycles. The van der Waals surface area contributed by atoms with Crippen molar-refractivity contribution < 1.29 is 5.11 Å². The van der Waals surface area contributed by atoms with Crippen LogP contribution in [0.1, 0.15) is 18.1 Å². The van der Waals surface area contributed by atoms with E-state index in [2.05, 4.69) is 41.8 Å². The average Bonchev–Trinajstić information content (AvgIpc) is 3.19. The minimum atomic E-state index is 0.109. The Morgan fingerprint density at radius 3 is 2.39 bits per heavy atom. The lowest BCUT2D eigenvalue weighted by molar-refractivity contribution is 0.471. The number of nitrogens with zero attached hydrogens (tertiary/aromatic N) is 4. The van der Waals surface area contributed by atoms with Gasteiger partial charge in [0.2, 0.25) is 0 Å². The molecule has 0 fully saturated rings. The van der Waals surface area contributed by atoms with E-state index in [9.17, 15) is 5.11 Å². The van der Waals surface area contributed by atoms with Gasteiger partial charge in [0.15, 0.2) is 0 Å². The van der Waals surface area contributed by atoms with E-state index in [4.69, 9.17) is 5.10 Å². The molecule has 0 bridgehead atoms. The van der Waals surface area contributed by atoms with Crippen molar-refractivity contribution in [1.29, 1.82) is 0 Å². The Hall–Kier alpha value is -3.03. The van der Waals surface area contributed by atoms with Gasteiger partial charge < -0.3 is 5.11 Å². The van der Waals surface area contributed by atoms with Gasteiger partial charge in [-0.3, -0.25) is 0 Å². The Kier molecular flexibility index (Phi) is 6.44. The number of benzene rings is 3. The molecule has 154 valence electrons. The lowest BCUT2D eigenvalue weighted by Crippen LogP contribution is -1.98. The van der Waals surface area contributed by atoms with Crippen LogP contribution < -0.4 is 0 Å². The van der Waals surface area contributed by atoms with Crippen LogP contribution in [-0.2, 0) is 0 Å². The number of aromatic nitrogens is 2. The predicted octanol–water partition coefficient (Wildman–Crippen LogP) is 6.80. The Balaban J connectivity index is 1.78. The van der Waals surface area contributed by atoms with Gasteiger partial charge in [0.1, 0.15) is 5.75 Å². The van der Waals surface area contributed by atoms with Gasteiger partial charge in [-0.25, -0.2) is 14.7 Å². The fourth-order valence-corrected chi connectivity index (χ4v) is 4.24. The summed E-state index contributed by atoms with van der Waals surface area (Å²) in [7, 11) is 0. The van der Waals surface area contributed by atoms with Gasteiger partial charge >= 0.3 is 0 Å². The number of aliphatic imine (C=N–C) groups is 1. The van der Waals surface area contributed by atoms with Gasteiger partial charge in [0.25, 0.3) is 5.95 Å². The summed E-state index contributed by atoms with van der Waals surface area (Å²) in [5, 5.41) is 15.1. The van der Waals surface area contributed by atoms with Crippen molar-refractivity contribution in [2.75, 3.05) is 0 Å². The molecule has 1 N–H and O–H groups in total. The maximum atomic E-state index is 10.3. The number of halogens is 2. The Morgan fingerprint density at radius 1 is 1.00 bits per heavy atom. The summed E-state index contributed by atoms with van der Waals surface area (Å²) >= 11 is 6.78. The summed E-state index contributed by atoms with van der Waals surface area (Å²) in [6.07, 6.45) is 3.43. The molecule has 4 aromatic rings. The van der Waals surface area contributed by atoms with Crippen molar-refractivity contribution in [2.45, 2.75) is 6.92 Å². The second kappa shape index (κ2) is 9.41. The monoisotopic (exact) mass is 536 g/mol. The van der Waals surface area contributed by atoms with Gasteiger partial charge in [-0.1, -0.05) is 76.6 Å². The molecule has 0 saturated heterocycles. The maximum absolute atomic E-state index is 10.3. The predicted molar refractivity (Wildman–Crippen MR) is 132 cm³/mol. The molecule has 7 heteroatoms.